The third-order valence-corrected chi connectivity index (χ3v) is 3.94. The molecule has 5 heteroatoms. The lowest BCUT2D eigenvalue weighted by Gasteiger charge is -2.22. The zero-order valence-electron chi connectivity index (χ0n) is 12.9. The summed E-state index contributed by atoms with van der Waals surface area (Å²) in [4.78, 5) is 4.64. The Hall–Kier alpha value is -0.810. The topological polar surface area (TPSA) is 54.9 Å². The molecule has 116 valence electrons. The van der Waals surface area contributed by atoms with Gasteiger partial charge >= 0.3 is 0 Å². The molecule has 2 saturated heterocycles. The Morgan fingerprint density at radius 1 is 1.30 bits per heavy atom. The quantitative estimate of drug-likeness (QED) is 0.404. The average molecular weight is 283 g/mol. The number of nitrogens with zero attached hydrogens (tertiary/aromatic N) is 1. The fourth-order valence-corrected chi connectivity index (χ4v) is 2.94. The molecule has 20 heavy (non-hydrogen) atoms. The van der Waals surface area contributed by atoms with E-state index in [-0.39, 0.29) is 0 Å². The highest BCUT2D eigenvalue weighted by molar-refractivity contribution is 5.80. The molecule has 2 rings (SSSR count). The number of hydrogen-bond acceptors (Lipinski definition) is 3. The van der Waals surface area contributed by atoms with Crippen molar-refractivity contribution in [2.24, 2.45) is 4.99 Å². The number of fused-ring (bicyclic) bond motifs is 2. The molecular formula is C15H29N3O2. The van der Waals surface area contributed by atoms with E-state index < -0.39 is 0 Å². The molecule has 2 bridgehead atoms. The predicted molar refractivity (Wildman–Crippen MR) is 81.1 cm³/mol. The van der Waals surface area contributed by atoms with Crippen LogP contribution in [0.3, 0.4) is 0 Å². The number of nitrogens with one attached hydrogen (secondary N) is 2. The van der Waals surface area contributed by atoms with Crippen molar-refractivity contribution in [3.05, 3.63) is 0 Å². The number of guanidine groups is 1. The van der Waals surface area contributed by atoms with E-state index in [1.54, 1.807) is 0 Å². The summed E-state index contributed by atoms with van der Waals surface area (Å²) in [6.07, 6.45) is 6.56. The SMILES string of the molecule is CCNC(=NCCCCOCC)NC1CC2CCC1O2. The summed E-state index contributed by atoms with van der Waals surface area (Å²) >= 11 is 0. The first-order valence-corrected chi connectivity index (χ1v) is 8.11. The van der Waals surface area contributed by atoms with E-state index in [1.807, 2.05) is 6.92 Å². The molecule has 0 spiro atoms. The van der Waals surface area contributed by atoms with Crippen LogP contribution in [0.4, 0.5) is 0 Å². The van der Waals surface area contributed by atoms with Crippen LogP contribution in [0, 0.1) is 0 Å². The maximum Gasteiger partial charge on any atom is 0.191 e. The van der Waals surface area contributed by atoms with Gasteiger partial charge in [0.05, 0.1) is 18.2 Å². The highest BCUT2D eigenvalue weighted by Crippen LogP contribution is 2.34. The van der Waals surface area contributed by atoms with Crippen molar-refractivity contribution in [1.82, 2.24) is 10.6 Å². The number of rotatable bonds is 8. The predicted octanol–water partition coefficient (Wildman–Crippen LogP) is 1.68. The molecule has 0 aromatic heterocycles. The van der Waals surface area contributed by atoms with Gasteiger partial charge in [0, 0.05) is 26.3 Å². The third kappa shape index (κ3) is 4.63. The minimum absolute atomic E-state index is 0.391. The molecule has 0 amide bonds. The lowest BCUT2D eigenvalue weighted by atomic mass is 9.96. The molecule has 0 aliphatic carbocycles. The maximum atomic E-state index is 5.87. The standard InChI is InChI=1S/C15H29N3O2/c1-3-16-15(17-9-5-6-10-19-4-2)18-13-11-12-7-8-14(13)20-12/h12-14H,3-11H2,1-2H3,(H2,16,17,18). The van der Waals surface area contributed by atoms with Crippen LogP contribution >= 0.6 is 0 Å². The van der Waals surface area contributed by atoms with Crippen LogP contribution in [0.1, 0.15) is 46.0 Å². The smallest absolute Gasteiger partial charge is 0.191 e. The molecule has 2 N–H and O–H groups in total. The van der Waals surface area contributed by atoms with Crippen LogP contribution in [0.2, 0.25) is 0 Å². The van der Waals surface area contributed by atoms with E-state index in [9.17, 15) is 0 Å². The summed E-state index contributed by atoms with van der Waals surface area (Å²) in [7, 11) is 0. The summed E-state index contributed by atoms with van der Waals surface area (Å²) < 4.78 is 11.2. The van der Waals surface area contributed by atoms with Gasteiger partial charge in [0.25, 0.3) is 0 Å². The molecule has 2 fully saturated rings. The molecule has 3 unspecified atom stereocenters. The van der Waals surface area contributed by atoms with Gasteiger partial charge in [-0.2, -0.15) is 0 Å². The van der Waals surface area contributed by atoms with Gasteiger partial charge in [-0.15, -0.1) is 0 Å². The number of hydrogen-bond donors (Lipinski definition) is 2. The van der Waals surface area contributed by atoms with Crippen LogP contribution in [0.15, 0.2) is 4.99 Å². The average Bonchev–Trinajstić information content (AvgIpc) is 3.05. The van der Waals surface area contributed by atoms with Crippen molar-refractivity contribution >= 4 is 5.96 Å². The van der Waals surface area contributed by atoms with Gasteiger partial charge in [-0.25, -0.2) is 0 Å². The Labute approximate surface area is 122 Å². The number of aliphatic imine (C=N–C) groups is 1. The molecule has 2 heterocycles. The number of unbranched alkanes of at least 4 members (excludes halogenated alkanes) is 1. The second kappa shape index (κ2) is 8.47. The Morgan fingerprint density at radius 2 is 2.20 bits per heavy atom. The van der Waals surface area contributed by atoms with Gasteiger partial charge in [0.2, 0.25) is 0 Å². The van der Waals surface area contributed by atoms with Crippen LogP contribution in [0.25, 0.3) is 0 Å². The van der Waals surface area contributed by atoms with Crippen LogP contribution in [-0.4, -0.2) is 50.5 Å². The summed E-state index contributed by atoms with van der Waals surface area (Å²) in [6.45, 7) is 7.52. The van der Waals surface area contributed by atoms with E-state index in [0.717, 1.165) is 51.5 Å². The summed E-state index contributed by atoms with van der Waals surface area (Å²) in [5, 5.41) is 6.86. The van der Waals surface area contributed by atoms with E-state index >= 15 is 0 Å². The molecule has 0 radical (unpaired) electrons. The molecule has 0 aromatic rings. The van der Waals surface area contributed by atoms with Crippen molar-refractivity contribution in [3.8, 4) is 0 Å². The summed E-state index contributed by atoms with van der Waals surface area (Å²) in [5.41, 5.74) is 0. The van der Waals surface area contributed by atoms with E-state index in [1.165, 1.54) is 12.8 Å². The molecule has 0 saturated carbocycles. The van der Waals surface area contributed by atoms with Gasteiger partial charge < -0.3 is 20.1 Å². The molecule has 2 aliphatic rings. The second-order valence-corrected chi connectivity index (χ2v) is 5.53. The molecule has 0 aromatic carbocycles. The van der Waals surface area contributed by atoms with Gasteiger partial charge in [-0.05, 0) is 46.0 Å². The normalized spacial score (nSPS) is 28.9. The van der Waals surface area contributed by atoms with Crippen LogP contribution in [-0.2, 0) is 9.47 Å². The van der Waals surface area contributed by atoms with Gasteiger partial charge in [0.15, 0.2) is 5.96 Å². The van der Waals surface area contributed by atoms with Gasteiger partial charge in [0.1, 0.15) is 0 Å². The van der Waals surface area contributed by atoms with Crippen LogP contribution < -0.4 is 10.6 Å². The Kier molecular flexibility index (Phi) is 6.60. The monoisotopic (exact) mass is 283 g/mol. The first kappa shape index (κ1) is 15.6. The fraction of sp³-hybridized carbons (Fsp3) is 0.933. The lowest BCUT2D eigenvalue weighted by molar-refractivity contribution is 0.0992. The Morgan fingerprint density at radius 3 is 2.85 bits per heavy atom. The van der Waals surface area contributed by atoms with E-state index in [4.69, 9.17) is 9.47 Å². The number of ether oxygens (including phenoxy) is 2. The zero-order valence-corrected chi connectivity index (χ0v) is 12.9. The molecule has 3 atom stereocenters. The Bertz CT molecular complexity index is 309. The third-order valence-electron chi connectivity index (χ3n) is 3.94. The summed E-state index contributed by atoms with van der Waals surface area (Å²) in [6, 6.07) is 0.440. The van der Waals surface area contributed by atoms with Crippen LogP contribution in [0.5, 0.6) is 0 Å². The van der Waals surface area contributed by atoms with E-state index in [2.05, 4.69) is 22.5 Å². The van der Waals surface area contributed by atoms with Crippen molar-refractivity contribution in [2.75, 3.05) is 26.3 Å². The first-order chi connectivity index (χ1) is 9.83. The van der Waals surface area contributed by atoms with Crippen molar-refractivity contribution in [3.63, 3.8) is 0 Å². The molecule has 2 aliphatic heterocycles. The second-order valence-electron chi connectivity index (χ2n) is 5.53. The van der Waals surface area contributed by atoms with Crippen molar-refractivity contribution in [1.29, 1.82) is 0 Å². The van der Waals surface area contributed by atoms with Gasteiger partial charge in [-0.3, -0.25) is 4.99 Å². The lowest BCUT2D eigenvalue weighted by Crippen LogP contribution is -2.47. The zero-order chi connectivity index (χ0) is 14.2. The maximum absolute atomic E-state index is 5.87. The van der Waals surface area contributed by atoms with Crippen molar-refractivity contribution < 1.29 is 9.47 Å². The minimum atomic E-state index is 0.391. The van der Waals surface area contributed by atoms with Crippen molar-refractivity contribution in [2.45, 2.75) is 64.2 Å². The Balaban J connectivity index is 1.69. The molecule has 5 nitrogen and oxygen atoms in total. The largest absolute Gasteiger partial charge is 0.382 e. The highest BCUT2D eigenvalue weighted by atomic mass is 16.5. The first-order valence-electron chi connectivity index (χ1n) is 8.11. The minimum Gasteiger partial charge on any atom is -0.382 e. The van der Waals surface area contributed by atoms with E-state index in [0.29, 0.717) is 18.2 Å². The van der Waals surface area contributed by atoms with Gasteiger partial charge in [-0.1, -0.05) is 0 Å². The molecular weight excluding hydrogens is 254 g/mol. The fourth-order valence-electron chi connectivity index (χ4n) is 2.94. The highest BCUT2D eigenvalue weighted by Gasteiger charge is 2.41. The summed E-state index contributed by atoms with van der Waals surface area (Å²) in [5.74, 6) is 0.935.